The van der Waals surface area contributed by atoms with E-state index >= 15 is 0 Å². The highest BCUT2D eigenvalue weighted by molar-refractivity contribution is 5.84. The van der Waals surface area contributed by atoms with Crippen LogP contribution in [0.25, 0.3) is 0 Å². The molecule has 0 saturated carbocycles. The SMILES string of the molecule is CC1(C)O[C@H]2O[C@H]([C@H]3COC(C)(C)O3)[C@H](OC(=O)Nc3ccccc3)[C@H]2O1. The summed E-state index contributed by atoms with van der Waals surface area (Å²) >= 11 is 0. The summed E-state index contributed by atoms with van der Waals surface area (Å²) in [7, 11) is 0. The van der Waals surface area contributed by atoms with E-state index in [-0.39, 0.29) is 0 Å². The number of hydrogen-bond acceptors (Lipinski definition) is 7. The van der Waals surface area contributed by atoms with Crippen molar-refractivity contribution in [3.8, 4) is 0 Å². The Labute approximate surface area is 158 Å². The number of ether oxygens (including phenoxy) is 6. The van der Waals surface area contributed by atoms with Gasteiger partial charge in [-0.3, -0.25) is 5.32 Å². The van der Waals surface area contributed by atoms with E-state index in [1.807, 2.05) is 32.0 Å². The Morgan fingerprint density at radius 2 is 1.78 bits per heavy atom. The van der Waals surface area contributed by atoms with E-state index in [0.29, 0.717) is 12.3 Å². The molecule has 3 aliphatic rings. The highest BCUT2D eigenvalue weighted by Crippen LogP contribution is 2.42. The fraction of sp³-hybridized carbons (Fsp3) is 0.632. The van der Waals surface area contributed by atoms with Crippen LogP contribution >= 0.6 is 0 Å². The summed E-state index contributed by atoms with van der Waals surface area (Å²) in [5.41, 5.74) is 0.639. The van der Waals surface area contributed by atoms with Gasteiger partial charge >= 0.3 is 6.09 Å². The minimum Gasteiger partial charge on any atom is -0.440 e. The van der Waals surface area contributed by atoms with E-state index in [1.165, 1.54) is 0 Å². The number of hydrogen-bond donors (Lipinski definition) is 1. The molecule has 0 spiro atoms. The van der Waals surface area contributed by atoms with Gasteiger partial charge < -0.3 is 28.4 Å². The monoisotopic (exact) mass is 379 g/mol. The zero-order valence-corrected chi connectivity index (χ0v) is 15.8. The molecule has 1 amide bonds. The van der Waals surface area contributed by atoms with Crippen molar-refractivity contribution in [1.82, 2.24) is 0 Å². The van der Waals surface area contributed by atoms with Gasteiger partial charge in [-0.2, -0.15) is 0 Å². The smallest absolute Gasteiger partial charge is 0.412 e. The number of benzene rings is 1. The van der Waals surface area contributed by atoms with Gasteiger partial charge in [0.05, 0.1) is 6.61 Å². The summed E-state index contributed by atoms with van der Waals surface area (Å²) < 4.78 is 35.0. The van der Waals surface area contributed by atoms with Crippen molar-refractivity contribution < 1.29 is 33.2 Å². The largest absolute Gasteiger partial charge is 0.440 e. The van der Waals surface area contributed by atoms with Crippen LogP contribution < -0.4 is 5.32 Å². The minimum atomic E-state index is -0.815. The second-order valence-electron chi connectivity index (χ2n) is 7.80. The highest BCUT2D eigenvalue weighted by Gasteiger charge is 2.60. The second-order valence-corrected chi connectivity index (χ2v) is 7.80. The Bertz CT molecular complexity index is 693. The highest BCUT2D eigenvalue weighted by atomic mass is 16.9. The number of rotatable bonds is 3. The minimum absolute atomic E-state index is 0.334. The molecule has 8 nitrogen and oxygen atoms in total. The molecule has 3 saturated heterocycles. The molecule has 0 aliphatic carbocycles. The van der Waals surface area contributed by atoms with Crippen molar-refractivity contribution in [2.45, 2.75) is 70.0 Å². The molecule has 148 valence electrons. The molecule has 3 heterocycles. The van der Waals surface area contributed by atoms with Crippen LogP contribution in [0.3, 0.4) is 0 Å². The molecule has 3 fully saturated rings. The van der Waals surface area contributed by atoms with Crippen molar-refractivity contribution in [2.24, 2.45) is 0 Å². The van der Waals surface area contributed by atoms with Crippen molar-refractivity contribution >= 4 is 11.8 Å². The van der Waals surface area contributed by atoms with Crippen LogP contribution in [0.15, 0.2) is 30.3 Å². The number of carbonyl (C=O) groups excluding carboxylic acids is 1. The summed E-state index contributed by atoms with van der Waals surface area (Å²) in [6, 6.07) is 9.08. The third-order valence-electron chi connectivity index (χ3n) is 4.69. The zero-order valence-electron chi connectivity index (χ0n) is 15.8. The predicted octanol–water partition coefficient (Wildman–Crippen LogP) is 2.63. The second kappa shape index (κ2) is 6.72. The van der Waals surface area contributed by atoms with E-state index in [0.717, 1.165) is 0 Å². The third kappa shape index (κ3) is 3.95. The average Bonchev–Trinajstić information content (AvgIpc) is 3.19. The van der Waals surface area contributed by atoms with Crippen LogP contribution in [0, 0.1) is 0 Å². The van der Waals surface area contributed by atoms with Gasteiger partial charge in [0.1, 0.15) is 12.2 Å². The van der Waals surface area contributed by atoms with Crippen LogP contribution in [0.4, 0.5) is 10.5 Å². The number of para-hydroxylation sites is 1. The predicted molar refractivity (Wildman–Crippen MR) is 93.9 cm³/mol. The van der Waals surface area contributed by atoms with Gasteiger partial charge in [-0.25, -0.2) is 4.79 Å². The molecule has 0 bridgehead atoms. The van der Waals surface area contributed by atoms with Crippen molar-refractivity contribution in [3.63, 3.8) is 0 Å². The molecule has 1 aromatic rings. The van der Waals surface area contributed by atoms with Crippen molar-refractivity contribution in [2.75, 3.05) is 11.9 Å². The van der Waals surface area contributed by atoms with Crippen LogP contribution in [0.1, 0.15) is 27.7 Å². The molecule has 4 rings (SSSR count). The van der Waals surface area contributed by atoms with Gasteiger partial charge in [-0.05, 0) is 39.8 Å². The molecule has 3 aliphatic heterocycles. The Hall–Kier alpha value is -1.71. The lowest BCUT2D eigenvalue weighted by atomic mass is 10.1. The molecule has 1 aromatic carbocycles. The Morgan fingerprint density at radius 1 is 1.04 bits per heavy atom. The lowest BCUT2D eigenvalue weighted by Gasteiger charge is -2.28. The fourth-order valence-corrected chi connectivity index (χ4v) is 3.61. The molecular formula is C19H25NO7. The van der Waals surface area contributed by atoms with E-state index < -0.39 is 48.4 Å². The molecule has 5 atom stereocenters. The molecule has 1 N–H and O–H groups in total. The lowest BCUT2D eigenvalue weighted by Crippen LogP contribution is -2.45. The van der Waals surface area contributed by atoms with E-state index in [2.05, 4.69) is 5.32 Å². The molecule has 0 radical (unpaired) electrons. The van der Waals surface area contributed by atoms with Gasteiger partial charge in [0.15, 0.2) is 30.1 Å². The standard InChI is InChI=1S/C19H25NO7/c1-18(2)22-10-12(25-18)13-14(15-16(23-13)27-19(3,4)26-15)24-17(21)20-11-8-6-5-7-9-11/h5-9,12-16H,10H2,1-4H3,(H,20,21)/t12-,13-,14+,15-,16-/m1/s1. The number of nitrogens with one attached hydrogen (secondary N) is 1. The molecule has 8 heteroatoms. The summed E-state index contributed by atoms with van der Waals surface area (Å²) in [5.74, 6) is -1.53. The van der Waals surface area contributed by atoms with Crippen LogP contribution in [0.2, 0.25) is 0 Å². The van der Waals surface area contributed by atoms with E-state index in [9.17, 15) is 4.79 Å². The Balaban J connectivity index is 1.49. The van der Waals surface area contributed by atoms with E-state index in [1.54, 1.807) is 26.0 Å². The summed E-state index contributed by atoms with van der Waals surface area (Å²) in [6.45, 7) is 7.58. The number of fused-ring (bicyclic) bond motifs is 1. The maximum absolute atomic E-state index is 12.4. The van der Waals surface area contributed by atoms with Crippen LogP contribution in [-0.2, 0) is 28.4 Å². The van der Waals surface area contributed by atoms with Gasteiger partial charge in [-0.15, -0.1) is 0 Å². The molecule has 0 aromatic heterocycles. The summed E-state index contributed by atoms with van der Waals surface area (Å²) in [5, 5.41) is 2.71. The number of amides is 1. The first kappa shape index (κ1) is 18.6. The van der Waals surface area contributed by atoms with E-state index in [4.69, 9.17) is 28.4 Å². The molecule has 27 heavy (non-hydrogen) atoms. The Kier molecular flexibility index (Phi) is 4.64. The topological polar surface area (TPSA) is 84.5 Å². The van der Waals surface area contributed by atoms with Crippen LogP contribution in [-0.4, -0.2) is 55.0 Å². The van der Waals surface area contributed by atoms with Gasteiger partial charge in [0, 0.05) is 5.69 Å². The first-order chi connectivity index (χ1) is 12.7. The van der Waals surface area contributed by atoms with Crippen molar-refractivity contribution in [3.05, 3.63) is 30.3 Å². The maximum atomic E-state index is 12.4. The van der Waals surface area contributed by atoms with Gasteiger partial charge in [0.25, 0.3) is 0 Å². The number of carbonyl (C=O) groups is 1. The molecular weight excluding hydrogens is 354 g/mol. The molecule has 0 unspecified atom stereocenters. The number of anilines is 1. The fourth-order valence-electron chi connectivity index (χ4n) is 3.61. The first-order valence-corrected chi connectivity index (χ1v) is 9.08. The average molecular weight is 379 g/mol. The summed E-state index contributed by atoms with van der Waals surface area (Å²) in [4.78, 5) is 12.4. The van der Waals surface area contributed by atoms with Crippen LogP contribution in [0.5, 0.6) is 0 Å². The lowest BCUT2D eigenvalue weighted by molar-refractivity contribution is -0.231. The van der Waals surface area contributed by atoms with Gasteiger partial charge in [0.2, 0.25) is 0 Å². The Morgan fingerprint density at radius 3 is 2.44 bits per heavy atom. The van der Waals surface area contributed by atoms with Crippen molar-refractivity contribution in [1.29, 1.82) is 0 Å². The maximum Gasteiger partial charge on any atom is 0.412 e. The zero-order chi connectivity index (χ0) is 19.2. The quantitative estimate of drug-likeness (QED) is 0.864. The summed E-state index contributed by atoms with van der Waals surface area (Å²) in [6.07, 6.45) is -3.41. The first-order valence-electron chi connectivity index (χ1n) is 9.08. The third-order valence-corrected chi connectivity index (χ3v) is 4.69. The normalized spacial score (nSPS) is 36.4. The van der Waals surface area contributed by atoms with Gasteiger partial charge in [-0.1, -0.05) is 18.2 Å².